The van der Waals surface area contributed by atoms with E-state index in [9.17, 15) is 34.8 Å². The molecule has 0 aromatic heterocycles. The molecule has 0 atom stereocenters. The molecule has 19 heteroatoms. The van der Waals surface area contributed by atoms with E-state index in [1.165, 1.54) is 29.9 Å². The van der Waals surface area contributed by atoms with E-state index in [0.717, 1.165) is 82.9 Å². The van der Waals surface area contributed by atoms with Gasteiger partial charge in [-0.15, -0.1) is 0 Å². The molecule has 13 nitrogen and oxygen atoms in total. The first kappa shape index (κ1) is 49.1. The summed E-state index contributed by atoms with van der Waals surface area (Å²) in [4.78, 5) is 18.5. The van der Waals surface area contributed by atoms with Gasteiger partial charge in [0.15, 0.2) is 0 Å². The molecular formula is C47H56ClF3N6O7S2. The van der Waals surface area contributed by atoms with Crippen LogP contribution >= 0.6 is 11.6 Å². The highest BCUT2D eigenvalue weighted by atomic mass is 35.5. The molecule has 2 fully saturated rings. The summed E-state index contributed by atoms with van der Waals surface area (Å²) in [5.41, 5.74) is -1.44. The molecule has 356 valence electrons. The van der Waals surface area contributed by atoms with Crippen LogP contribution in [0.4, 0.5) is 24.5 Å². The van der Waals surface area contributed by atoms with Crippen molar-refractivity contribution in [3.8, 4) is 17.2 Å². The number of allylic oxidation sites excluding steroid dienone is 1. The third kappa shape index (κ3) is 12.0. The Bertz CT molecular complexity index is 2620. The minimum absolute atomic E-state index is 0.0103. The second-order valence-corrected chi connectivity index (χ2v) is 21.6. The maximum absolute atomic E-state index is 14.0. The van der Waals surface area contributed by atoms with E-state index in [4.69, 9.17) is 21.1 Å². The van der Waals surface area contributed by atoms with Gasteiger partial charge >= 0.3 is 5.51 Å². The third-order valence-electron chi connectivity index (χ3n) is 12.3. The van der Waals surface area contributed by atoms with E-state index in [1.807, 2.05) is 16.9 Å². The molecule has 0 bridgehead atoms. The van der Waals surface area contributed by atoms with Crippen LogP contribution in [0.1, 0.15) is 55.5 Å². The zero-order chi connectivity index (χ0) is 47.3. The number of carbonyl (C=O) groups is 1. The van der Waals surface area contributed by atoms with Gasteiger partial charge in [-0.2, -0.15) is 13.2 Å². The Morgan fingerprint density at radius 1 is 0.848 bits per heavy atom. The van der Waals surface area contributed by atoms with Crippen molar-refractivity contribution < 1.29 is 44.3 Å². The summed E-state index contributed by atoms with van der Waals surface area (Å²) in [6.45, 7) is 12.2. The van der Waals surface area contributed by atoms with Crippen LogP contribution in [0.5, 0.6) is 17.2 Å². The first-order chi connectivity index (χ1) is 31.3. The fourth-order valence-corrected chi connectivity index (χ4v) is 10.7. The predicted octanol–water partition coefficient (Wildman–Crippen LogP) is 8.05. The van der Waals surface area contributed by atoms with Gasteiger partial charge in [-0.05, 0) is 116 Å². The van der Waals surface area contributed by atoms with Crippen molar-refractivity contribution in [2.45, 2.75) is 54.8 Å². The lowest BCUT2D eigenvalue weighted by Crippen LogP contribution is -2.47. The molecule has 66 heavy (non-hydrogen) atoms. The smallest absolute Gasteiger partial charge is 0.497 e. The lowest BCUT2D eigenvalue weighted by Gasteiger charge is -2.39. The number of alkyl halides is 3. The van der Waals surface area contributed by atoms with Crippen molar-refractivity contribution in [3.05, 3.63) is 107 Å². The first-order valence-corrected chi connectivity index (χ1v) is 25.3. The summed E-state index contributed by atoms with van der Waals surface area (Å²) in [6.07, 6.45) is 3.57. The van der Waals surface area contributed by atoms with Crippen LogP contribution in [0.25, 0.3) is 5.57 Å². The molecule has 2 aliphatic heterocycles. The van der Waals surface area contributed by atoms with Gasteiger partial charge in [0.25, 0.3) is 25.8 Å². The molecule has 3 aliphatic rings. The van der Waals surface area contributed by atoms with Gasteiger partial charge in [-0.25, -0.2) is 21.6 Å². The number of amides is 1. The van der Waals surface area contributed by atoms with Crippen molar-refractivity contribution in [3.63, 3.8) is 0 Å². The number of hydrogen-bond acceptors (Lipinski definition) is 12. The summed E-state index contributed by atoms with van der Waals surface area (Å²) in [6, 6.07) is 21.7. The fraction of sp³-hybridized carbons (Fsp3) is 0.426. The number of carbonyl (C=O) groups excluding carboxylic acids is 1. The Morgan fingerprint density at radius 3 is 2.20 bits per heavy atom. The molecular weight excluding hydrogens is 917 g/mol. The Labute approximate surface area is 390 Å². The largest absolute Gasteiger partial charge is 0.501 e. The molecule has 2 saturated heterocycles. The zero-order valence-corrected chi connectivity index (χ0v) is 39.6. The second kappa shape index (κ2) is 20.6. The average molecular weight is 974 g/mol. The highest BCUT2D eigenvalue weighted by molar-refractivity contribution is 7.92. The molecule has 0 unspecified atom stereocenters. The number of benzene rings is 4. The molecule has 1 amide bonds. The Balaban J connectivity index is 1.09. The molecule has 2 heterocycles. The zero-order valence-electron chi connectivity index (χ0n) is 37.2. The summed E-state index contributed by atoms with van der Waals surface area (Å²) in [5, 5.41) is 6.67. The maximum Gasteiger partial charge on any atom is 0.501 e. The van der Waals surface area contributed by atoms with Gasteiger partial charge in [0.05, 0.1) is 23.3 Å². The molecule has 3 N–H and O–H groups in total. The third-order valence-corrected chi connectivity index (χ3v) is 15.4. The number of piperazine rings is 2. The Morgan fingerprint density at radius 2 is 1.53 bits per heavy atom. The quantitative estimate of drug-likeness (QED) is 0.0934. The van der Waals surface area contributed by atoms with Crippen LogP contribution in [0.2, 0.25) is 5.02 Å². The van der Waals surface area contributed by atoms with Crippen molar-refractivity contribution in [1.82, 2.24) is 19.8 Å². The minimum atomic E-state index is -6.02. The van der Waals surface area contributed by atoms with Crippen LogP contribution in [-0.2, 0) is 19.9 Å². The standard InChI is InChI=1S/C47H56ClF3N6O7S2/c1-46(2)18-17-34(41(31-46)33-5-7-35(48)8-6-33)32-56-25-27-57(28-26-56)36-9-15-40(43(29-36)64-38-12-10-37(63-3)11-13-38)45(58)54-66(61,62)39-14-16-42(44(30-39)65(59,60)47(49,50)51)53-19-4-22-55-23-20-52-21-24-55/h5-16,29-30,52-53H,4,17-28,31-32H2,1-3H3,(H,54,58). The molecule has 7 rings (SSSR count). The number of ether oxygens (including phenoxy) is 2. The second-order valence-electron chi connectivity index (χ2n) is 17.6. The van der Waals surface area contributed by atoms with E-state index in [1.54, 1.807) is 36.4 Å². The lowest BCUT2D eigenvalue weighted by molar-refractivity contribution is -0.0435. The van der Waals surface area contributed by atoms with Crippen LogP contribution in [-0.4, -0.2) is 117 Å². The summed E-state index contributed by atoms with van der Waals surface area (Å²) >= 11 is 6.23. The van der Waals surface area contributed by atoms with E-state index in [0.29, 0.717) is 48.6 Å². The number of halogens is 4. The van der Waals surface area contributed by atoms with Crippen molar-refractivity contribution in [1.29, 1.82) is 0 Å². The van der Waals surface area contributed by atoms with Crippen molar-refractivity contribution in [2.24, 2.45) is 5.41 Å². The molecule has 0 saturated carbocycles. The van der Waals surface area contributed by atoms with Crippen molar-refractivity contribution >= 4 is 54.3 Å². The number of hydrogen-bond donors (Lipinski definition) is 3. The van der Waals surface area contributed by atoms with Gasteiger partial charge in [-0.3, -0.25) is 9.69 Å². The van der Waals surface area contributed by atoms with Crippen LogP contribution in [0.15, 0.2) is 100 Å². The SMILES string of the molecule is COc1ccc(Oc2cc(N3CCN(CC4=C(c5ccc(Cl)cc5)CC(C)(C)CC4)CC3)ccc2C(=O)NS(=O)(=O)c2ccc(NCCCN3CCNCC3)c(S(=O)(=O)C(F)(F)F)c2)cc1. The van der Waals surface area contributed by atoms with Gasteiger partial charge in [0.1, 0.15) is 22.1 Å². The fourth-order valence-electron chi connectivity index (χ4n) is 8.51. The summed E-state index contributed by atoms with van der Waals surface area (Å²) in [7, 11) is -9.45. The highest BCUT2D eigenvalue weighted by Gasteiger charge is 2.48. The van der Waals surface area contributed by atoms with Crippen LogP contribution < -0.4 is 29.7 Å². The molecule has 4 aromatic rings. The van der Waals surface area contributed by atoms with E-state index in [-0.39, 0.29) is 23.3 Å². The Kier molecular flexibility index (Phi) is 15.3. The minimum Gasteiger partial charge on any atom is -0.497 e. The summed E-state index contributed by atoms with van der Waals surface area (Å²) < 4.78 is 108. The number of anilines is 2. The summed E-state index contributed by atoms with van der Waals surface area (Å²) in [5.74, 6) is -0.274. The van der Waals surface area contributed by atoms with E-state index < -0.39 is 46.8 Å². The Hall–Kier alpha value is -4.85. The molecule has 1 aliphatic carbocycles. The van der Waals surface area contributed by atoms with Crippen molar-refractivity contribution in [2.75, 3.05) is 89.3 Å². The number of sulfonamides is 1. The molecule has 0 radical (unpaired) electrons. The number of rotatable bonds is 16. The number of methoxy groups -OCH3 is 1. The van der Waals surface area contributed by atoms with Crippen LogP contribution in [0, 0.1) is 5.41 Å². The van der Waals surface area contributed by atoms with Gasteiger partial charge in [0, 0.05) is 82.2 Å². The van der Waals surface area contributed by atoms with E-state index in [2.05, 4.69) is 51.3 Å². The first-order valence-electron chi connectivity index (χ1n) is 21.9. The number of nitrogens with one attached hydrogen (secondary N) is 3. The normalized spacial score (nSPS) is 17.7. The maximum atomic E-state index is 14.0. The van der Waals surface area contributed by atoms with Gasteiger partial charge in [-0.1, -0.05) is 43.2 Å². The van der Waals surface area contributed by atoms with E-state index >= 15 is 0 Å². The van der Waals surface area contributed by atoms with Gasteiger partial charge < -0.3 is 29.9 Å². The number of nitrogens with zero attached hydrogens (tertiary/aromatic N) is 3. The van der Waals surface area contributed by atoms with Crippen LogP contribution in [0.3, 0.4) is 0 Å². The lowest BCUT2D eigenvalue weighted by atomic mass is 9.72. The predicted molar refractivity (Wildman–Crippen MR) is 251 cm³/mol. The van der Waals surface area contributed by atoms with Gasteiger partial charge in [0.2, 0.25) is 0 Å². The topological polar surface area (TPSA) is 150 Å². The average Bonchev–Trinajstić information content (AvgIpc) is 3.29. The monoisotopic (exact) mass is 972 g/mol. The highest BCUT2D eigenvalue weighted by Crippen LogP contribution is 2.44. The molecule has 0 spiro atoms. The molecule has 4 aromatic carbocycles. The number of sulfone groups is 1.